The van der Waals surface area contributed by atoms with E-state index in [1.54, 1.807) is 0 Å². The number of aliphatic imine (C=N–C) groups is 2. The molecule has 2 aliphatic carbocycles. The fraction of sp³-hybridized carbons (Fsp3) is 0.938. The molecule has 3 nitrogen and oxygen atoms in total. The van der Waals surface area contributed by atoms with Crippen molar-refractivity contribution in [3.8, 4) is 0 Å². The van der Waals surface area contributed by atoms with Crippen LogP contribution in [-0.2, 0) is 4.43 Å². The van der Waals surface area contributed by atoms with E-state index in [2.05, 4.69) is 55.4 Å². The molecule has 4 atom stereocenters. The Labute approximate surface area is 226 Å². The van der Waals surface area contributed by atoms with Gasteiger partial charge in [-0.05, 0) is 87.3 Å². The van der Waals surface area contributed by atoms with Crippen LogP contribution in [0, 0.1) is 23.7 Å². The molecule has 0 bridgehead atoms. The first kappa shape index (κ1) is 31.7. The van der Waals surface area contributed by atoms with Crippen molar-refractivity contribution in [3.63, 3.8) is 0 Å². The second-order valence-corrected chi connectivity index (χ2v) is 16.8. The molecule has 0 radical (unpaired) electrons. The standard InChI is InChI=1S/C32H62N2OSi/c1-9-26-19-16-20-27(10-2)31(26)33-25(8)30(23-18-24-35-36(13-5,14-6)15-7)34-32-28(11-3)21-17-22-29(32)12-4/h26-29,31-32H,9-24H2,1-8H3. The van der Waals surface area contributed by atoms with Gasteiger partial charge in [-0.15, -0.1) is 0 Å². The van der Waals surface area contributed by atoms with Gasteiger partial charge in [0.15, 0.2) is 8.32 Å². The van der Waals surface area contributed by atoms with Gasteiger partial charge in [-0.2, -0.15) is 0 Å². The largest absolute Gasteiger partial charge is 0.417 e. The van der Waals surface area contributed by atoms with Crippen LogP contribution < -0.4 is 0 Å². The van der Waals surface area contributed by atoms with Gasteiger partial charge in [-0.1, -0.05) is 87.0 Å². The van der Waals surface area contributed by atoms with Crippen LogP contribution in [0.25, 0.3) is 0 Å². The maximum absolute atomic E-state index is 6.64. The average molecular weight is 519 g/mol. The van der Waals surface area contributed by atoms with E-state index in [9.17, 15) is 0 Å². The normalized spacial score (nSPS) is 30.6. The van der Waals surface area contributed by atoms with Gasteiger partial charge in [0.25, 0.3) is 0 Å². The van der Waals surface area contributed by atoms with E-state index in [4.69, 9.17) is 14.4 Å². The molecule has 2 rings (SSSR count). The van der Waals surface area contributed by atoms with Gasteiger partial charge in [0.1, 0.15) is 0 Å². The van der Waals surface area contributed by atoms with Crippen molar-refractivity contribution in [3.05, 3.63) is 0 Å². The van der Waals surface area contributed by atoms with E-state index in [-0.39, 0.29) is 0 Å². The molecule has 0 aromatic heterocycles. The maximum atomic E-state index is 6.64. The summed E-state index contributed by atoms with van der Waals surface area (Å²) < 4.78 is 6.64. The Morgan fingerprint density at radius 1 is 0.667 bits per heavy atom. The van der Waals surface area contributed by atoms with E-state index in [0.717, 1.165) is 43.1 Å². The van der Waals surface area contributed by atoms with Crippen molar-refractivity contribution in [2.45, 2.75) is 163 Å². The Bertz CT molecular complexity index is 639. The summed E-state index contributed by atoms with van der Waals surface area (Å²) in [7, 11) is -1.53. The molecule has 0 amide bonds. The predicted octanol–water partition coefficient (Wildman–Crippen LogP) is 9.90. The molecule has 0 heterocycles. The highest BCUT2D eigenvalue weighted by Crippen LogP contribution is 2.37. The lowest BCUT2D eigenvalue weighted by Gasteiger charge is -2.37. The van der Waals surface area contributed by atoms with Gasteiger partial charge in [0, 0.05) is 6.61 Å². The van der Waals surface area contributed by atoms with Crippen LogP contribution in [-0.4, -0.2) is 38.4 Å². The van der Waals surface area contributed by atoms with Crippen LogP contribution in [0.2, 0.25) is 18.1 Å². The van der Waals surface area contributed by atoms with E-state index in [1.165, 1.54) is 93.8 Å². The molecule has 2 aliphatic rings. The van der Waals surface area contributed by atoms with E-state index < -0.39 is 8.32 Å². The quantitative estimate of drug-likeness (QED) is 0.121. The Kier molecular flexibility index (Phi) is 14.5. The zero-order chi connectivity index (χ0) is 26.6. The lowest BCUT2D eigenvalue weighted by Crippen LogP contribution is -2.36. The Hall–Kier alpha value is -0.483. The summed E-state index contributed by atoms with van der Waals surface area (Å²) in [6.07, 6.45) is 15.3. The van der Waals surface area contributed by atoms with Crippen molar-refractivity contribution >= 4 is 19.7 Å². The lowest BCUT2D eigenvalue weighted by atomic mass is 9.74. The topological polar surface area (TPSA) is 34.0 Å². The second-order valence-electron chi connectivity index (χ2n) is 12.0. The first-order chi connectivity index (χ1) is 17.4. The third kappa shape index (κ3) is 8.51. The van der Waals surface area contributed by atoms with E-state index in [1.807, 2.05) is 0 Å². The van der Waals surface area contributed by atoms with Crippen LogP contribution in [0.4, 0.5) is 0 Å². The lowest BCUT2D eigenvalue weighted by molar-refractivity contribution is 0.211. The zero-order valence-electron chi connectivity index (χ0n) is 25.6. The van der Waals surface area contributed by atoms with E-state index >= 15 is 0 Å². The van der Waals surface area contributed by atoms with Crippen LogP contribution in [0.5, 0.6) is 0 Å². The average Bonchev–Trinajstić information content (AvgIpc) is 2.92. The summed E-state index contributed by atoms with van der Waals surface area (Å²) in [5, 5.41) is 0. The van der Waals surface area contributed by atoms with E-state index in [0.29, 0.717) is 12.1 Å². The number of hydrogen-bond acceptors (Lipinski definition) is 3. The van der Waals surface area contributed by atoms with Gasteiger partial charge < -0.3 is 4.43 Å². The first-order valence-electron chi connectivity index (χ1n) is 16.2. The Morgan fingerprint density at radius 3 is 1.47 bits per heavy atom. The molecule has 210 valence electrons. The van der Waals surface area contributed by atoms with Gasteiger partial charge in [0.2, 0.25) is 0 Å². The molecule has 4 heteroatoms. The summed E-state index contributed by atoms with van der Waals surface area (Å²) in [4.78, 5) is 11.2. The molecule has 0 spiro atoms. The number of hydrogen-bond donors (Lipinski definition) is 0. The second kappa shape index (κ2) is 16.5. The minimum absolute atomic E-state index is 0.487. The molecule has 0 aromatic rings. The van der Waals surface area contributed by atoms with Gasteiger partial charge in [0.05, 0.1) is 23.5 Å². The van der Waals surface area contributed by atoms with Crippen molar-refractivity contribution < 1.29 is 4.43 Å². The van der Waals surface area contributed by atoms with Gasteiger partial charge in [-0.3, -0.25) is 9.98 Å². The van der Waals surface area contributed by atoms with Crippen LogP contribution >= 0.6 is 0 Å². The smallest absolute Gasteiger partial charge is 0.191 e. The number of rotatable bonds is 15. The summed E-state index contributed by atoms with van der Waals surface area (Å²) in [6.45, 7) is 19.7. The highest BCUT2D eigenvalue weighted by Gasteiger charge is 2.33. The molecule has 0 saturated heterocycles. The van der Waals surface area contributed by atoms with Crippen molar-refractivity contribution in [2.75, 3.05) is 6.61 Å². The van der Waals surface area contributed by atoms with Crippen molar-refractivity contribution in [1.29, 1.82) is 0 Å². The molecule has 2 saturated carbocycles. The zero-order valence-corrected chi connectivity index (χ0v) is 26.6. The first-order valence-corrected chi connectivity index (χ1v) is 18.7. The molecule has 36 heavy (non-hydrogen) atoms. The third-order valence-corrected chi connectivity index (χ3v) is 15.0. The van der Waals surface area contributed by atoms with Gasteiger partial charge >= 0.3 is 0 Å². The molecule has 2 fully saturated rings. The fourth-order valence-corrected chi connectivity index (χ4v) is 10.0. The maximum Gasteiger partial charge on any atom is 0.191 e. The highest BCUT2D eigenvalue weighted by atomic mass is 28.4. The van der Waals surface area contributed by atoms with Crippen LogP contribution in [0.15, 0.2) is 9.98 Å². The minimum atomic E-state index is -1.53. The molecular formula is C32H62N2OSi. The monoisotopic (exact) mass is 518 g/mol. The van der Waals surface area contributed by atoms with Crippen LogP contribution in [0.1, 0.15) is 132 Å². The molecule has 0 aliphatic heterocycles. The summed E-state index contributed by atoms with van der Waals surface area (Å²) >= 11 is 0. The molecular weight excluding hydrogens is 456 g/mol. The molecule has 0 N–H and O–H groups in total. The number of nitrogens with zero attached hydrogens (tertiary/aromatic N) is 2. The third-order valence-electron chi connectivity index (χ3n) is 10.3. The Morgan fingerprint density at radius 2 is 1.08 bits per heavy atom. The Balaban J connectivity index is 2.31. The van der Waals surface area contributed by atoms with Crippen molar-refractivity contribution in [2.24, 2.45) is 33.7 Å². The van der Waals surface area contributed by atoms with Gasteiger partial charge in [-0.25, -0.2) is 0 Å². The highest BCUT2D eigenvalue weighted by molar-refractivity contribution is 6.73. The van der Waals surface area contributed by atoms with Crippen LogP contribution in [0.3, 0.4) is 0 Å². The summed E-state index contributed by atoms with van der Waals surface area (Å²) in [5.41, 5.74) is 2.56. The predicted molar refractivity (Wildman–Crippen MR) is 163 cm³/mol. The van der Waals surface area contributed by atoms with Crippen molar-refractivity contribution in [1.82, 2.24) is 0 Å². The summed E-state index contributed by atoms with van der Waals surface area (Å²) in [5.74, 6) is 2.97. The fourth-order valence-electron chi connectivity index (χ4n) is 7.34. The SMILES string of the molecule is CCC1CCCC(CC)C1N=C(C)C(CCCO[Si](CC)(CC)CC)=NC1C(CC)CCCC1CC. The summed E-state index contributed by atoms with van der Waals surface area (Å²) in [6, 6.07) is 4.68. The minimum Gasteiger partial charge on any atom is -0.417 e. The molecule has 4 unspecified atom stereocenters. The molecule has 0 aromatic carbocycles.